The quantitative estimate of drug-likeness (QED) is 0.0715. The van der Waals surface area contributed by atoms with Gasteiger partial charge in [0.25, 0.3) is 0 Å². The number of aryl methyl sites for hydroxylation is 4. The van der Waals surface area contributed by atoms with Gasteiger partial charge in [0.15, 0.2) is 0 Å². The highest BCUT2D eigenvalue weighted by Gasteiger charge is 2.21. The van der Waals surface area contributed by atoms with E-state index in [1.165, 1.54) is 111 Å². The molecule has 0 fully saturated rings. The van der Waals surface area contributed by atoms with Crippen LogP contribution in [0.3, 0.4) is 0 Å². The second-order valence-electron chi connectivity index (χ2n) is 17.1. The average molecular weight is 803 g/mol. The smallest absolute Gasteiger partial charge is 0.00731 e. The van der Waals surface area contributed by atoms with Gasteiger partial charge in [0, 0.05) is 0 Å². The van der Waals surface area contributed by atoms with Gasteiger partial charge in [-0.3, -0.25) is 0 Å². The van der Waals surface area contributed by atoms with E-state index in [9.17, 15) is 0 Å². The third kappa shape index (κ3) is 9.17. The molecule has 8 rings (SSSR count). The normalized spacial score (nSPS) is 11.3. The number of hydrogen-bond donors (Lipinski definition) is 0. The molecule has 0 heteroatoms. The van der Waals surface area contributed by atoms with Crippen molar-refractivity contribution < 1.29 is 0 Å². The largest absolute Gasteiger partial charge is 0.0616 e. The number of hydrogen-bond acceptors (Lipinski definition) is 0. The van der Waals surface area contributed by atoms with Crippen LogP contribution in [-0.2, 0) is 0 Å². The van der Waals surface area contributed by atoms with Gasteiger partial charge in [-0.05, 0) is 168 Å². The summed E-state index contributed by atoms with van der Waals surface area (Å²) in [6, 6.07) is 63.8. The maximum Gasteiger partial charge on any atom is -0.00731 e. The number of benzene rings is 8. The Kier molecular flexibility index (Phi) is 13.4. The van der Waals surface area contributed by atoms with Crippen LogP contribution in [0.15, 0.2) is 170 Å². The van der Waals surface area contributed by atoms with E-state index in [0.717, 1.165) is 44.9 Å². The first-order valence-electron chi connectivity index (χ1n) is 22.5. The van der Waals surface area contributed by atoms with E-state index in [1.807, 2.05) is 0 Å². The van der Waals surface area contributed by atoms with Crippen molar-refractivity contribution >= 4 is 43.8 Å². The van der Waals surface area contributed by atoms with Gasteiger partial charge >= 0.3 is 0 Å². The molecule has 0 aliphatic carbocycles. The molecule has 0 aliphatic heterocycles. The lowest BCUT2D eigenvalue weighted by Gasteiger charge is -2.22. The molecule has 0 spiro atoms. The molecule has 0 amide bonds. The van der Waals surface area contributed by atoms with Crippen molar-refractivity contribution in [3.8, 4) is 11.1 Å². The Labute approximate surface area is 371 Å². The summed E-state index contributed by atoms with van der Waals surface area (Å²) < 4.78 is 0. The lowest BCUT2D eigenvalue weighted by atomic mass is 9.82. The van der Waals surface area contributed by atoms with Crippen molar-refractivity contribution in [1.29, 1.82) is 0 Å². The van der Waals surface area contributed by atoms with Gasteiger partial charge in [0.1, 0.15) is 0 Å². The lowest BCUT2D eigenvalue weighted by Crippen LogP contribution is -1.99. The molecular formula is C62H58. The molecule has 62 heavy (non-hydrogen) atoms. The summed E-state index contributed by atoms with van der Waals surface area (Å²) in [5.41, 5.74) is 20.3. The summed E-state index contributed by atoms with van der Waals surface area (Å²) in [4.78, 5) is 0. The maximum absolute atomic E-state index is 6.28. The Bertz CT molecular complexity index is 2750. The first-order chi connectivity index (χ1) is 30.3. The van der Waals surface area contributed by atoms with Gasteiger partial charge in [0.05, 0.1) is 0 Å². The molecule has 0 saturated carbocycles. The van der Waals surface area contributed by atoms with Crippen LogP contribution in [0.1, 0.15) is 107 Å². The minimum Gasteiger partial charge on any atom is -0.0616 e. The molecule has 0 nitrogen and oxygen atoms in total. The van der Waals surface area contributed by atoms with Gasteiger partial charge in [0.2, 0.25) is 0 Å². The van der Waals surface area contributed by atoms with E-state index >= 15 is 0 Å². The van der Waals surface area contributed by atoms with Crippen molar-refractivity contribution in [2.45, 2.75) is 79.1 Å². The first-order valence-corrected chi connectivity index (χ1v) is 22.5. The number of fused-ring (bicyclic) bond motifs is 2. The highest BCUT2D eigenvalue weighted by Crippen LogP contribution is 2.45. The molecule has 0 N–H and O–H groups in total. The van der Waals surface area contributed by atoms with Gasteiger partial charge in [-0.1, -0.05) is 205 Å². The molecule has 0 aromatic heterocycles. The van der Waals surface area contributed by atoms with Crippen LogP contribution >= 0.6 is 0 Å². The minimum absolute atomic E-state index is 0.631. The van der Waals surface area contributed by atoms with Crippen LogP contribution in [0, 0.1) is 41.5 Å². The molecule has 0 atom stereocenters. The third-order valence-electron chi connectivity index (χ3n) is 12.5. The van der Waals surface area contributed by atoms with Gasteiger partial charge < -0.3 is 0 Å². The Morgan fingerprint density at radius 2 is 0.645 bits per heavy atom. The Balaban J connectivity index is 1.36. The SMILES string of the molecule is [CH]CCCCCC(=C(c1ccc(C)cc1)c1ccc(C)cc1)c1ccc(-c2ccc(C(CCC[CH])=C(c3ccc(C)cc3)c3ccc(C)cc3)c3ccccc23)c2ccccc12. The predicted molar refractivity (Wildman–Crippen MR) is 269 cm³/mol. The van der Waals surface area contributed by atoms with Gasteiger partial charge in [-0.2, -0.15) is 0 Å². The van der Waals surface area contributed by atoms with Gasteiger partial charge in [-0.25, -0.2) is 0 Å². The summed E-state index contributed by atoms with van der Waals surface area (Å²) in [5, 5.41) is 5.03. The topological polar surface area (TPSA) is 0 Å². The molecule has 0 heterocycles. The van der Waals surface area contributed by atoms with Crippen molar-refractivity contribution in [2.75, 3.05) is 0 Å². The number of unbranched alkanes of at least 4 members (excludes halogenated alkanes) is 4. The zero-order chi connectivity index (χ0) is 43.0. The molecule has 0 unspecified atom stereocenters. The molecule has 0 aliphatic rings. The monoisotopic (exact) mass is 802 g/mol. The highest BCUT2D eigenvalue weighted by atomic mass is 14.2. The van der Waals surface area contributed by atoms with Crippen LogP contribution in [0.4, 0.5) is 0 Å². The molecule has 4 radical (unpaired) electrons. The minimum atomic E-state index is 0.631. The Morgan fingerprint density at radius 1 is 0.323 bits per heavy atom. The zero-order valence-electron chi connectivity index (χ0n) is 37.0. The molecule has 0 bridgehead atoms. The number of allylic oxidation sites excluding steroid dienone is 2. The second-order valence-corrected chi connectivity index (χ2v) is 17.1. The lowest BCUT2D eigenvalue weighted by molar-refractivity contribution is 0.700. The van der Waals surface area contributed by atoms with Crippen LogP contribution < -0.4 is 0 Å². The van der Waals surface area contributed by atoms with Crippen molar-refractivity contribution in [3.63, 3.8) is 0 Å². The van der Waals surface area contributed by atoms with Crippen molar-refractivity contribution in [1.82, 2.24) is 0 Å². The van der Waals surface area contributed by atoms with Crippen molar-refractivity contribution in [3.05, 3.63) is 239 Å². The summed E-state index contributed by atoms with van der Waals surface area (Å²) in [7, 11) is 0. The summed E-state index contributed by atoms with van der Waals surface area (Å²) >= 11 is 0. The maximum atomic E-state index is 6.28. The zero-order valence-corrected chi connectivity index (χ0v) is 37.0. The molecule has 8 aromatic rings. The molecule has 8 aromatic carbocycles. The number of rotatable bonds is 15. The highest BCUT2D eigenvalue weighted by molar-refractivity contribution is 6.14. The average Bonchev–Trinajstić information content (AvgIpc) is 3.30. The van der Waals surface area contributed by atoms with E-state index in [-0.39, 0.29) is 0 Å². The van der Waals surface area contributed by atoms with Crippen molar-refractivity contribution in [2.24, 2.45) is 0 Å². The second kappa shape index (κ2) is 19.6. The van der Waals surface area contributed by atoms with Crippen LogP contribution in [0.25, 0.3) is 55.0 Å². The first kappa shape index (κ1) is 42.5. The van der Waals surface area contributed by atoms with E-state index in [0.29, 0.717) is 6.42 Å². The summed E-state index contributed by atoms with van der Waals surface area (Å²) in [5.74, 6) is 0. The molecular weight excluding hydrogens is 745 g/mol. The molecule has 0 saturated heterocycles. The van der Waals surface area contributed by atoms with Crippen LogP contribution in [0.2, 0.25) is 0 Å². The third-order valence-corrected chi connectivity index (χ3v) is 12.5. The Hall–Kier alpha value is -6.24. The van der Waals surface area contributed by atoms with E-state index in [4.69, 9.17) is 13.8 Å². The Morgan fingerprint density at radius 3 is 0.984 bits per heavy atom. The standard InChI is InChI=1S/C62H58/c1-7-9-11-12-22-60(62(49-35-27-45(5)28-36-49)50-37-29-46(6)30-38-50)58-42-40-56(52-19-14-16-21-54(52)58)55-39-41-57(53-20-15-13-18-51(53)55)59(17-10-8-2)61(47-31-23-43(3)24-32-47)48-33-25-44(4)26-34-48/h1-2,13-16,18-21,23-42H,7-12,17,22H2,3-6H3. The van der Waals surface area contributed by atoms with E-state index < -0.39 is 0 Å². The predicted octanol–water partition coefficient (Wildman–Crippen LogP) is 17.4. The van der Waals surface area contributed by atoms with Crippen LogP contribution in [0.5, 0.6) is 0 Å². The van der Waals surface area contributed by atoms with E-state index in [1.54, 1.807) is 0 Å². The fraction of sp³-hybridized carbons (Fsp3) is 0.194. The fourth-order valence-electron chi connectivity index (χ4n) is 9.20. The fourth-order valence-corrected chi connectivity index (χ4v) is 9.20. The van der Waals surface area contributed by atoms with Gasteiger partial charge in [-0.15, -0.1) is 0 Å². The summed E-state index contributed by atoms with van der Waals surface area (Å²) in [6.45, 7) is 20.9. The molecule has 306 valence electrons. The van der Waals surface area contributed by atoms with Crippen LogP contribution in [-0.4, -0.2) is 0 Å². The van der Waals surface area contributed by atoms with E-state index in [2.05, 4.69) is 198 Å². The summed E-state index contributed by atoms with van der Waals surface area (Å²) in [6.07, 6.45) is 7.28.